The minimum atomic E-state index is 0.851. The minimum Gasteiger partial charge on any atom is -0.299 e. The lowest BCUT2D eigenvalue weighted by atomic mass is 9.92. The third kappa shape index (κ3) is 4.14. The van der Waals surface area contributed by atoms with Gasteiger partial charge in [0.25, 0.3) is 0 Å². The van der Waals surface area contributed by atoms with Crippen molar-refractivity contribution >= 4 is 15.9 Å². The molecule has 0 N–H and O–H groups in total. The number of hydrogen-bond donors (Lipinski definition) is 0. The van der Waals surface area contributed by atoms with Crippen LogP contribution in [0.1, 0.15) is 27.2 Å². The second-order valence-corrected chi connectivity index (χ2v) is 5.51. The van der Waals surface area contributed by atoms with Gasteiger partial charge in [-0.15, -0.1) is 0 Å². The topological polar surface area (TPSA) is 3.24 Å². The van der Waals surface area contributed by atoms with Crippen LogP contribution in [0.4, 0.5) is 0 Å². The molecule has 1 aliphatic heterocycles. The van der Waals surface area contributed by atoms with Crippen molar-refractivity contribution in [1.29, 1.82) is 0 Å². The number of nitrogens with zero attached hydrogens (tertiary/aromatic N) is 1. The lowest BCUT2D eigenvalue weighted by Crippen LogP contribution is -2.40. The van der Waals surface area contributed by atoms with E-state index in [1.54, 1.807) is 0 Å². The van der Waals surface area contributed by atoms with Crippen molar-refractivity contribution in [3.8, 4) is 0 Å². The summed E-state index contributed by atoms with van der Waals surface area (Å²) in [6.07, 6.45) is 3.72. The number of likely N-dealkylation sites (tertiary alicyclic amines) is 1. The number of piperidine rings is 1. The van der Waals surface area contributed by atoms with Gasteiger partial charge in [0.05, 0.1) is 0 Å². The fourth-order valence-electron chi connectivity index (χ4n) is 2.17. The summed E-state index contributed by atoms with van der Waals surface area (Å²) in [4.78, 5) is 2.58. The molecule has 0 radical (unpaired) electrons. The van der Waals surface area contributed by atoms with Gasteiger partial charge in [0.1, 0.15) is 0 Å². The highest BCUT2D eigenvalue weighted by molar-refractivity contribution is 9.09. The molecule has 0 amide bonds. The van der Waals surface area contributed by atoms with Crippen molar-refractivity contribution in [1.82, 2.24) is 4.90 Å². The molecule has 82 valence electrons. The molecule has 1 rings (SSSR count). The van der Waals surface area contributed by atoms with Gasteiger partial charge in [-0.2, -0.15) is 0 Å². The Balaban J connectivity index is 2.41. The molecule has 2 unspecified atom stereocenters. The molecule has 0 spiro atoms. The Bertz CT molecular complexity index is 196. The monoisotopic (exact) mass is 259 g/mol. The van der Waals surface area contributed by atoms with Crippen LogP contribution in [0.15, 0.2) is 11.6 Å². The van der Waals surface area contributed by atoms with Crippen LogP contribution in [0, 0.1) is 11.8 Å². The summed E-state index contributed by atoms with van der Waals surface area (Å²) < 4.78 is 0. The Morgan fingerprint density at radius 3 is 2.71 bits per heavy atom. The third-order valence-corrected chi connectivity index (χ3v) is 3.71. The molecule has 14 heavy (non-hydrogen) atoms. The first kappa shape index (κ1) is 12.3. The van der Waals surface area contributed by atoms with E-state index < -0.39 is 0 Å². The molecule has 2 heteroatoms. The molecule has 0 aromatic heterocycles. The van der Waals surface area contributed by atoms with Crippen LogP contribution in [0.3, 0.4) is 0 Å². The molecular weight excluding hydrogens is 238 g/mol. The largest absolute Gasteiger partial charge is 0.299 e. The molecule has 0 bridgehead atoms. The number of allylic oxidation sites excluding steroid dienone is 1. The van der Waals surface area contributed by atoms with Gasteiger partial charge in [-0.25, -0.2) is 0 Å². The first-order chi connectivity index (χ1) is 6.61. The van der Waals surface area contributed by atoms with Crippen molar-refractivity contribution in [3.63, 3.8) is 0 Å². The quantitative estimate of drug-likeness (QED) is 0.556. The summed E-state index contributed by atoms with van der Waals surface area (Å²) in [7, 11) is 0. The molecule has 0 saturated carbocycles. The zero-order chi connectivity index (χ0) is 10.6. The van der Waals surface area contributed by atoms with Gasteiger partial charge in [-0.05, 0) is 32.1 Å². The van der Waals surface area contributed by atoms with E-state index in [-0.39, 0.29) is 0 Å². The Morgan fingerprint density at radius 2 is 2.14 bits per heavy atom. The maximum Gasteiger partial charge on any atom is 0.0165 e. The van der Waals surface area contributed by atoms with Crippen LogP contribution in [-0.2, 0) is 0 Å². The van der Waals surface area contributed by atoms with Gasteiger partial charge in [0, 0.05) is 25.0 Å². The van der Waals surface area contributed by atoms with Gasteiger partial charge in [-0.1, -0.05) is 34.5 Å². The predicted octanol–water partition coefficient (Wildman–Crippen LogP) is 3.31. The number of halogens is 1. The van der Waals surface area contributed by atoms with Crippen LogP contribution in [0.25, 0.3) is 0 Å². The smallest absolute Gasteiger partial charge is 0.0165 e. The van der Waals surface area contributed by atoms with E-state index in [1.807, 2.05) is 0 Å². The van der Waals surface area contributed by atoms with E-state index in [2.05, 4.69) is 47.7 Å². The van der Waals surface area contributed by atoms with Crippen molar-refractivity contribution < 1.29 is 0 Å². The first-order valence-electron chi connectivity index (χ1n) is 5.53. The normalized spacial score (nSPS) is 28.9. The molecule has 0 aromatic carbocycles. The maximum atomic E-state index is 3.60. The van der Waals surface area contributed by atoms with Gasteiger partial charge in [0.2, 0.25) is 0 Å². The van der Waals surface area contributed by atoms with Gasteiger partial charge in [-0.3, -0.25) is 4.90 Å². The van der Waals surface area contributed by atoms with Gasteiger partial charge < -0.3 is 0 Å². The molecule has 1 fully saturated rings. The first-order valence-corrected chi connectivity index (χ1v) is 6.65. The number of rotatable bonds is 3. The average molecular weight is 260 g/mol. The zero-order valence-electron chi connectivity index (χ0n) is 9.59. The molecular formula is C12H22BrN. The van der Waals surface area contributed by atoms with E-state index in [1.165, 1.54) is 25.1 Å². The van der Waals surface area contributed by atoms with Crippen LogP contribution in [0.2, 0.25) is 0 Å². The van der Waals surface area contributed by atoms with E-state index in [0.29, 0.717) is 0 Å². The third-order valence-electron chi connectivity index (χ3n) is 2.80. The molecule has 1 nitrogen and oxygen atoms in total. The fourth-order valence-corrected chi connectivity index (χ4v) is 2.64. The standard InChI is InChI=1S/C12H22BrN/c1-10(2)4-5-14-8-11(3)6-12(7-13)9-14/h4,11-12H,5-9H2,1-3H3. The Labute approximate surface area is 96.7 Å². The summed E-state index contributed by atoms with van der Waals surface area (Å²) in [6.45, 7) is 10.4. The number of alkyl halides is 1. The Morgan fingerprint density at radius 1 is 1.43 bits per heavy atom. The highest BCUT2D eigenvalue weighted by atomic mass is 79.9. The van der Waals surface area contributed by atoms with Crippen LogP contribution >= 0.6 is 15.9 Å². The minimum absolute atomic E-state index is 0.851. The summed E-state index contributed by atoms with van der Waals surface area (Å²) in [5.74, 6) is 1.71. The van der Waals surface area contributed by atoms with Crippen molar-refractivity contribution in [2.45, 2.75) is 27.2 Å². The van der Waals surface area contributed by atoms with Crippen LogP contribution in [-0.4, -0.2) is 29.9 Å². The van der Waals surface area contributed by atoms with E-state index >= 15 is 0 Å². The van der Waals surface area contributed by atoms with Crippen molar-refractivity contribution in [2.75, 3.05) is 25.0 Å². The molecule has 2 atom stereocenters. The van der Waals surface area contributed by atoms with Gasteiger partial charge >= 0.3 is 0 Å². The second kappa shape index (κ2) is 5.92. The van der Waals surface area contributed by atoms with E-state index in [9.17, 15) is 0 Å². The molecule has 0 aromatic rings. The molecule has 0 aliphatic carbocycles. The highest BCUT2D eigenvalue weighted by Gasteiger charge is 2.22. The number of hydrogen-bond acceptors (Lipinski definition) is 1. The lowest BCUT2D eigenvalue weighted by molar-refractivity contribution is 0.157. The van der Waals surface area contributed by atoms with Crippen LogP contribution < -0.4 is 0 Å². The Kier molecular flexibility index (Phi) is 5.18. The molecule has 1 aliphatic rings. The summed E-state index contributed by atoms with van der Waals surface area (Å²) in [5, 5.41) is 1.16. The average Bonchev–Trinajstić information content (AvgIpc) is 2.14. The predicted molar refractivity (Wildman–Crippen MR) is 66.9 cm³/mol. The molecule has 1 saturated heterocycles. The van der Waals surface area contributed by atoms with E-state index in [0.717, 1.165) is 23.7 Å². The fraction of sp³-hybridized carbons (Fsp3) is 0.833. The summed E-state index contributed by atoms with van der Waals surface area (Å²) in [5.41, 5.74) is 1.43. The second-order valence-electron chi connectivity index (χ2n) is 4.86. The van der Waals surface area contributed by atoms with Gasteiger partial charge in [0.15, 0.2) is 0 Å². The maximum absolute atomic E-state index is 3.60. The lowest BCUT2D eigenvalue weighted by Gasteiger charge is -2.35. The summed E-state index contributed by atoms with van der Waals surface area (Å²) in [6, 6.07) is 0. The summed E-state index contributed by atoms with van der Waals surface area (Å²) >= 11 is 3.60. The SMILES string of the molecule is CC(C)=CCN1CC(C)CC(CBr)C1. The van der Waals surface area contributed by atoms with Crippen molar-refractivity contribution in [2.24, 2.45) is 11.8 Å². The zero-order valence-corrected chi connectivity index (χ0v) is 11.2. The van der Waals surface area contributed by atoms with Crippen molar-refractivity contribution in [3.05, 3.63) is 11.6 Å². The Hall–Kier alpha value is 0.180. The van der Waals surface area contributed by atoms with E-state index in [4.69, 9.17) is 0 Å². The molecule has 1 heterocycles. The van der Waals surface area contributed by atoms with Crippen LogP contribution in [0.5, 0.6) is 0 Å². The highest BCUT2D eigenvalue weighted by Crippen LogP contribution is 2.22.